The van der Waals surface area contributed by atoms with Crippen LogP contribution in [0.4, 0.5) is 0 Å². The molecular formula is C12H18BrNOS. The van der Waals surface area contributed by atoms with Crippen molar-refractivity contribution in [2.24, 2.45) is 0 Å². The number of hydrogen-bond acceptors (Lipinski definition) is 2. The van der Waals surface area contributed by atoms with Crippen LogP contribution in [0.1, 0.15) is 42.4 Å². The normalized spacial score (nSPS) is 10.5. The molecule has 0 spiro atoms. The molecule has 1 aromatic heterocycles. The van der Waals surface area contributed by atoms with Crippen LogP contribution in [0, 0.1) is 0 Å². The zero-order chi connectivity index (χ0) is 12.1. The second-order valence-electron chi connectivity index (χ2n) is 3.64. The van der Waals surface area contributed by atoms with Crippen molar-refractivity contribution in [2.75, 3.05) is 13.1 Å². The van der Waals surface area contributed by atoms with Crippen molar-refractivity contribution < 1.29 is 4.79 Å². The highest BCUT2D eigenvalue weighted by molar-refractivity contribution is 9.11. The first-order chi connectivity index (χ1) is 7.63. The molecule has 1 aromatic rings. The first-order valence-corrected chi connectivity index (χ1v) is 7.32. The Kier molecular flexibility index (Phi) is 5.49. The Balaban J connectivity index is 2.89. The van der Waals surface area contributed by atoms with Crippen molar-refractivity contribution in [3.63, 3.8) is 0 Å². The SMILES string of the molecule is CCCN(CC)C(=O)c1cc(CC)sc1Br. The van der Waals surface area contributed by atoms with Gasteiger partial charge in [-0.15, -0.1) is 11.3 Å². The summed E-state index contributed by atoms with van der Waals surface area (Å²) in [5, 5.41) is 0. The van der Waals surface area contributed by atoms with Gasteiger partial charge in [-0.1, -0.05) is 13.8 Å². The summed E-state index contributed by atoms with van der Waals surface area (Å²) in [5.74, 6) is 0.146. The maximum absolute atomic E-state index is 12.2. The molecule has 16 heavy (non-hydrogen) atoms. The third-order valence-electron chi connectivity index (χ3n) is 2.48. The Morgan fingerprint density at radius 3 is 2.56 bits per heavy atom. The van der Waals surface area contributed by atoms with E-state index in [9.17, 15) is 4.79 Å². The van der Waals surface area contributed by atoms with Crippen molar-refractivity contribution in [3.8, 4) is 0 Å². The van der Waals surface area contributed by atoms with Crippen LogP contribution in [0.2, 0.25) is 0 Å². The summed E-state index contributed by atoms with van der Waals surface area (Å²) in [6, 6.07) is 2.01. The van der Waals surface area contributed by atoms with E-state index in [1.807, 2.05) is 17.9 Å². The monoisotopic (exact) mass is 303 g/mol. The van der Waals surface area contributed by atoms with E-state index in [4.69, 9.17) is 0 Å². The Labute approximate surface area is 110 Å². The van der Waals surface area contributed by atoms with E-state index in [1.54, 1.807) is 11.3 Å². The first kappa shape index (κ1) is 13.7. The molecule has 0 radical (unpaired) electrons. The van der Waals surface area contributed by atoms with E-state index < -0.39 is 0 Å². The van der Waals surface area contributed by atoms with Gasteiger partial charge in [0.25, 0.3) is 5.91 Å². The fourth-order valence-corrected chi connectivity index (χ4v) is 3.30. The lowest BCUT2D eigenvalue weighted by Gasteiger charge is -2.19. The van der Waals surface area contributed by atoms with Crippen molar-refractivity contribution in [1.82, 2.24) is 4.90 Å². The first-order valence-electron chi connectivity index (χ1n) is 5.71. The van der Waals surface area contributed by atoms with Gasteiger partial charge in [-0.05, 0) is 41.8 Å². The van der Waals surface area contributed by atoms with Crippen molar-refractivity contribution in [1.29, 1.82) is 0 Å². The molecule has 0 aliphatic carbocycles. The molecule has 1 heterocycles. The zero-order valence-corrected chi connectivity index (χ0v) is 12.4. The van der Waals surface area contributed by atoms with Crippen LogP contribution >= 0.6 is 27.3 Å². The van der Waals surface area contributed by atoms with Crippen LogP contribution in [0.15, 0.2) is 9.85 Å². The molecule has 0 saturated heterocycles. The largest absolute Gasteiger partial charge is 0.339 e. The molecule has 1 rings (SSSR count). The summed E-state index contributed by atoms with van der Waals surface area (Å²) in [5.41, 5.74) is 0.817. The molecule has 0 fully saturated rings. The molecule has 0 unspecified atom stereocenters. The quantitative estimate of drug-likeness (QED) is 0.806. The lowest BCUT2D eigenvalue weighted by atomic mass is 10.2. The molecule has 1 amide bonds. The fourth-order valence-electron chi connectivity index (χ4n) is 1.58. The van der Waals surface area contributed by atoms with Crippen LogP contribution in [0.5, 0.6) is 0 Å². The third kappa shape index (κ3) is 3.08. The molecule has 0 N–H and O–H groups in total. The molecule has 4 heteroatoms. The molecule has 2 nitrogen and oxygen atoms in total. The number of carbonyl (C=O) groups excluding carboxylic acids is 1. The number of nitrogens with zero attached hydrogens (tertiary/aromatic N) is 1. The van der Waals surface area contributed by atoms with Crippen LogP contribution in [-0.2, 0) is 6.42 Å². The van der Waals surface area contributed by atoms with Gasteiger partial charge in [0.15, 0.2) is 0 Å². The molecule has 0 aliphatic heterocycles. The van der Waals surface area contributed by atoms with Gasteiger partial charge in [-0.2, -0.15) is 0 Å². The molecular weight excluding hydrogens is 286 g/mol. The third-order valence-corrected chi connectivity index (χ3v) is 4.46. The van der Waals surface area contributed by atoms with Gasteiger partial charge >= 0.3 is 0 Å². The van der Waals surface area contributed by atoms with Gasteiger partial charge in [0.1, 0.15) is 0 Å². The van der Waals surface area contributed by atoms with E-state index in [-0.39, 0.29) is 5.91 Å². The highest BCUT2D eigenvalue weighted by Gasteiger charge is 2.18. The minimum Gasteiger partial charge on any atom is -0.339 e. The molecule has 0 aromatic carbocycles. The number of carbonyl (C=O) groups is 1. The average Bonchev–Trinajstić information content (AvgIpc) is 2.66. The van der Waals surface area contributed by atoms with Gasteiger partial charge in [0.2, 0.25) is 0 Å². The summed E-state index contributed by atoms with van der Waals surface area (Å²) >= 11 is 5.14. The van der Waals surface area contributed by atoms with E-state index in [0.717, 1.165) is 35.3 Å². The van der Waals surface area contributed by atoms with Crippen LogP contribution in [0.3, 0.4) is 0 Å². The van der Waals surface area contributed by atoms with Crippen LogP contribution < -0.4 is 0 Å². The molecule has 0 aliphatic rings. The van der Waals surface area contributed by atoms with Crippen LogP contribution in [0.25, 0.3) is 0 Å². The Morgan fingerprint density at radius 2 is 2.12 bits per heavy atom. The van der Waals surface area contributed by atoms with E-state index >= 15 is 0 Å². The topological polar surface area (TPSA) is 20.3 Å². The van der Waals surface area contributed by atoms with Crippen molar-refractivity contribution in [2.45, 2.75) is 33.6 Å². The number of amides is 1. The summed E-state index contributed by atoms with van der Waals surface area (Å²) in [4.78, 5) is 15.4. The van der Waals surface area contributed by atoms with Crippen molar-refractivity contribution in [3.05, 3.63) is 20.3 Å². The summed E-state index contributed by atoms with van der Waals surface area (Å²) in [6.07, 6.45) is 1.98. The minimum atomic E-state index is 0.146. The lowest BCUT2D eigenvalue weighted by Crippen LogP contribution is -2.31. The Bertz CT molecular complexity index is 362. The fraction of sp³-hybridized carbons (Fsp3) is 0.583. The van der Waals surface area contributed by atoms with E-state index in [0.29, 0.717) is 0 Å². The predicted octanol–water partition coefficient (Wildman–Crippen LogP) is 3.95. The van der Waals surface area contributed by atoms with Crippen molar-refractivity contribution >= 4 is 33.2 Å². The lowest BCUT2D eigenvalue weighted by molar-refractivity contribution is 0.0764. The van der Waals surface area contributed by atoms with Gasteiger partial charge < -0.3 is 4.90 Å². The molecule has 0 atom stereocenters. The Hall–Kier alpha value is -0.350. The number of hydrogen-bond donors (Lipinski definition) is 0. The van der Waals surface area contributed by atoms with Gasteiger partial charge in [-0.25, -0.2) is 0 Å². The number of thiophene rings is 1. The van der Waals surface area contributed by atoms with Gasteiger partial charge in [-0.3, -0.25) is 4.79 Å². The smallest absolute Gasteiger partial charge is 0.255 e. The predicted molar refractivity (Wildman–Crippen MR) is 73.3 cm³/mol. The number of halogens is 1. The minimum absolute atomic E-state index is 0.146. The second kappa shape index (κ2) is 6.40. The molecule has 0 saturated carbocycles. The van der Waals surface area contributed by atoms with Gasteiger partial charge in [0.05, 0.1) is 9.35 Å². The number of rotatable bonds is 5. The maximum atomic E-state index is 12.2. The summed E-state index contributed by atoms with van der Waals surface area (Å²) < 4.78 is 0.962. The maximum Gasteiger partial charge on any atom is 0.255 e. The highest BCUT2D eigenvalue weighted by Crippen LogP contribution is 2.29. The molecule has 0 bridgehead atoms. The van der Waals surface area contributed by atoms with Crippen LogP contribution in [-0.4, -0.2) is 23.9 Å². The average molecular weight is 304 g/mol. The Morgan fingerprint density at radius 1 is 1.44 bits per heavy atom. The van der Waals surface area contributed by atoms with Gasteiger partial charge in [0, 0.05) is 18.0 Å². The zero-order valence-electron chi connectivity index (χ0n) is 10.0. The highest BCUT2D eigenvalue weighted by atomic mass is 79.9. The number of aryl methyl sites for hydroxylation is 1. The second-order valence-corrected chi connectivity index (χ2v) is 6.09. The standard InChI is InChI=1S/C12H18BrNOS/c1-4-7-14(6-3)12(15)10-8-9(5-2)16-11(10)13/h8H,4-7H2,1-3H3. The van der Waals surface area contributed by atoms with E-state index in [2.05, 4.69) is 29.8 Å². The van der Waals surface area contributed by atoms with E-state index in [1.165, 1.54) is 4.88 Å². The molecule has 90 valence electrons. The summed E-state index contributed by atoms with van der Waals surface area (Å²) in [7, 11) is 0. The summed E-state index contributed by atoms with van der Waals surface area (Å²) in [6.45, 7) is 7.83.